The number of aliphatic hydroxyl groups excluding tert-OH is 1. The molecule has 1 heterocycles. The predicted octanol–water partition coefficient (Wildman–Crippen LogP) is 2.38. The first kappa shape index (κ1) is 15.1. The van der Waals surface area contributed by atoms with Gasteiger partial charge in [0.1, 0.15) is 0 Å². The summed E-state index contributed by atoms with van der Waals surface area (Å²) in [5.41, 5.74) is 1.65. The summed E-state index contributed by atoms with van der Waals surface area (Å²) in [6.07, 6.45) is 3.16. The van der Waals surface area contributed by atoms with E-state index in [-0.39, 0.29) is 0 Å². The van der Waals surface area contributed by atoms with Gasteiger partial charge in [-0.15, -0.1) is 0 Å². The van der Waals surface area contributed by atoms with Crippen LogP contribution in [-0.4, -0.2) is 31.4 Å². The number of pyridine rings is 1. The van der Waals surface area contributed by atoms with Crippen LogP contribution in [0.3, 0.4) is 0 Å². The monoisotopic (exact) mass is 289 g/mol. The van der Waals surface area contributed by atoms with Crippen molar-refractivity contribution >= 4 is 0 Å². The van der Waals surface area contributed by atoms with Crippen molar-refractivity contribution in [3.05, 3.63) is 47.8 Å². The number of ether oxygens (including phenoxy) is 3. The van der Waals surface area contributed by atoms with Crippen LogP contribution in [0, 0.1) is 0 Å². The molecule has 1 aromatic heterocycles. The summed E-state index contributed by atoms with van der Waals surface area (Å²) in [5.74, 6) is 1.53. The highest BCUT2D eigenvalue weighted by atomic mass is 16.5. The zero-order chi connectivity index (χ0) is 15.2. The SMILES string of the molecule is COc1ccc(C(O)Cc2ccncc2)c(OC)c1OC. The van der Waals surface area contributed by atoms with Crippen molar-refractivity contribution in [2.24, 2.45) is 0 Å². The molecule has 0 amide bonds. The molecule has 5 heteroatoms. The second-order valence-corrected chi connectivity index (χ2v) is 4.50. The van der Waals surface area contributed by atoms with Crippen LogP contribution in [0.25, 0.3) is 0 Å². The average Bonchev–Trinajstić information content (AvgIpc) is 2.53. The first-order valence-corrected chi connectivity index (χ1v) is 6.57. The lowest BCUT2D eigenvalue weighted by molar-refractivity contribution is 0.172. The minimum atomic E-state index is -0.706. The van der Waals surface area contributed by atoms with Gasteiger partial charge in [-0.05, 0) is 29.8 Å². The van der Waals surface area contributed by atoms with Crippen molar-refractivity contribution in [2.45, 2.75) is 12.5 Å². The minimum absolute atomic E-state index is 0.467. The number of rotatable bonds is 6. The molecule has 0 spiro atoms. The van der Waals surface area contributed by atoms with Gasteiger partial charge in [0.25, 0.3) is 0 Å². The number of benzene rings is 1. The normalized spacial score (nSPS) is 11.8. The third-order valence-corrected chi connectivity index (χ3v) is 3.27. The molecule has 0 bridgehead atoms. The van der Waals surface area contributed by atoms with Gasteiger partial charge in [-0.1, -0.05) is 0 Å². The van der Waals surface area contributed by atoms with Crippen LogP contribution in [-0.2, 0) is 6.42 Å². The Morgan fingerprint density at radius 1 is 0.952 bits per heavy atom. The van der Waals surface area contributed by atoms with Crippen LogP contribution in [0.15, 0.2) is 36.7 Å². The number of hydrogen-bond acceptors (Lipinski definition) is 5. The van der Waals surface area contributed by atoms with Crippen LogP contribution in [0.5, 0.6) is 17.2 Å². The molecule has 0 aliphatic rings. The molecule has 2 rings (SSSR count). The molecule has 0 saturated carbocycles. The summed E-state index contributed by atoms with van der Waals surface area (Å²) in [6, 6.07) is 7.28. The highest BCUT2D eigenvalue weighted by Gasteiger charge is 2.21. The van der Waals surface area contributed by atoms with E-state index < -0.39 is 6.10 Å². The summed E-state index contributed by atoms with van der Waals surface area (Å²) >= 11 is 0. The van der Waals surface area contributed by atoms with E-state index in [1.54, 1.807) is 45.9 Å². The number of aromatic nitrogens is 1. The van der Waals surface area contributed by atoms with Gasteiger partial charge in [0.15, 0.2) is 11.5 Å². The average molecular weight is 289 g/mol. The molecule has 2 aromatic rings. The third-order valence-electron chi connectivity index (χ3n) is 3.27. The number of methoxy groups -OCH3 is 3. The first-order valence-electron chi connectivity index (χ1n) is 6.57. The second kappa shape index (κ2) is 6.95. The maximum Gasteiger partial charge on any atom is 0.203 e. The lowest BCUT2D eigenvalue weighted by Gasteiger charge is -2.19. The van der Waals surface area contributed by atoms with Gasteiger partial charge in [0, 0.05) is 24.4 Å². The fourth-order valence-electron chi connectivity index (χ4n) is 2.24. The maximum atomic E-state index is 10.5. The lowest BCUT2D eigenvalue weighted by Crippen LogP contribution is -2.06. The molecule has 1 N–H and O–H groups in total. The zero-order valence-electron chi connectivity index (χ0n) is 12.4. The Labute approximate surface area is 124 Å². The molecule has 0 radical (unpaired) electrons. The van der Waals surface area contributed by atoms with Crippen LogP contribution < -0.4 is 14.2 Å². The van der Waals surface area contributed by atoms with Crippen molar-refractivity contribution in [1.82, 2.24) is 4.98 Å². The number of aliphatic hydroxyl groups is 1. The number of hydrogen-bond donors (Lipinski definition) is 1. The standard InChI is InChI=1S/C16H19NO4/c1-19-14-5-4-12(15(20-2)16(14)21-3)13(18)10-11-6-8-17-9-7-11/h4-9,13,18H,10H2,1-3H3. The third kappa shape index (κ3) is 3.25. The van der Waals surface area contributed by atoms with E-state index in [4.69, 9.17) is 14.2 Å². The van der Waals surface area contributed by atoms with Gasteiger partial charge in [-0.25, -0.2) is 0 Å². The second-order valence-electron chi connectivity index (χ2n) is 4.50. The Bertz CT molecular complexity index is 586. The summed E-state index contributed by atoms with van der Waals surface area (Å²) in [5, 5.41) is 10.5. The fraction of sp³-hybridized carbons (Fsp3) is 0.312. The Morgan fingerprint density at radius 2 is 1.62 bits per heavy atom. The highest BCUT2D eigenvalue weighted by molar-refractivity contribution is 5.56. The van der Waals surface area contributed by atoms with Crippen molar-refractivity contribution in [3.8, 4) is 17.2 Å². The summed E-state index contributed by atoms with van der Waals surface area (Å²) in [4.78, 5) is 3.97. The van der Waals surface area contributed by atoms with E-state index in [0.717, 1.165) is 5.56 Å². The molecule has 0 aliphatic heterocycles. The van der Waals surface area contributed by atoms with Gasteiger partial charge < -0.3 is 19.3 Å². The molecule has 0 aliphatic carbocycles. The Kier molecular flexibility index (Phi) is 5.00. The molecule has 112 valence electrons. The van der Waals surface area contributed by atoms with Gasteiger partial charge >= 0.3 is 0 Å². The molecule has 5 nitrogen and oxygen atoms in total. The molecule has 21 heavy (non-hydrogen) atoms. The molecular formula is C16H19NO4. The Hall–Kier alpha value is -2.27. The van der Waals surface area contributed by atoms with E-state index in [0.29, 0.717) is 29.2 Å². The lowest BCUT2D eigenvalue weighted by atomic mass is 10.0. The van der Waals surface area contributed by atoms with E-state index >= 15 is 0 Å². The van der Waals surface area contributed by atoms with Crippen molar-refractivity contribution < 1.29 is 19.3 Å². The fourth-order valence-corrected chi connectivity index (χ4v) is 2.24. The van der Waals surface area contributed by atoms with Crippen LogP contribution in [0.1, 0.15) is 17.2 Å². The van der Waals surface area contributed by atoms with Crippen LogP contribution in [0.4, 0.5) is 0 Å². The molecule has 1 aromatic carbocycles. The number of nitrogens with zero attached hydrogens (tertiary/aromatic N) is 1. The van der Waals surface area contributed by atoms with Gasteiger partial charge in [0.05, 0.1) is 27.4 Å². The summed E-state index contributed by atoms with van der Waals surface area (Å²) in [6.45, 7) is 0. The molecule has 0 saturated heterocycles. The quantitative estimate of drug-likeness (QED) is 0.884. The van der Waals surface area contributed by atoms with Crippen molar-refractivity contribution in [3.63, 3.8) is 0 Å². The van der Waals surface area contributed by atoms with E-state index in [2.05, 4.69) is 4.98 Å². The maximum absolute atomic E-state index is 10.5. The minimum Gasteiger partial charge on any atom is -0.493 e. The van der Waals surface area contributed by atoms with E-state index in [1.807, 2.05) is 12.1 Å². The molecular weight excluding hydrogens is 270 g/mol. The van der Waals surface area contributed by atoms with E-state index in [1.165, 1.54) is 0 Å². The highest BCUT2D eigenvalue weighted by Crippen LogP contribution is 2.42. The van der Waals surface area contributed by atoms with E-state index in [9.17, 15) is 5.11 Å². The topological polar surface area (TPSA) is 60.8 Å². The van der Waals surface area contributed by atoms with Crippen molar-refractivity contribution in [2.75, 3.05) is 21.3 Å². The Morgan fingerprint density at radius 3 is 2.19 bits per heavy atom. The Balaban J connectivity index is 2.34. The summed E-state index contributed by atoms with van der Waals surface area (Å²) < 4.78 is 16.0. The largest absolute Gasteiger partial charge is 0.493 e. The smallest absolute Gasteiger partial charge is 0.203 e. The predicted molar refractivity (Wildman–Crippen MR) is 79.0 cm³/mol. The van der Waals surface area contributed by atoms with Crippen molar-refractivity contribution in [1.29, 1.82) is 0 Å². The van der Waals surface area contributed by atoms with Crippen LogP contribution >= 0.6 is 0 Å². The van der Waals surface area contributed by atoms with Gasteiger partial charge in [-0.2, -0.15) is 0 Å². The first-order chi connectivity index (χ1) is 10.2. The molecule has 1 atom stereocenters. The molecule has 1 unspecified atom stereocenters. The van der Waals surface area contributed by atoms with Gasteiger partial charge in [-0.3, -0.25) is 4.98 Å². The molecule has 0 fully saturated rings. The van der Waals surface area contributed by atoms with Crippen LogP contribution in [0.2, 0.25) is 0 Å². The summed E-state index contributed by atoms with van der Waals surface area (Å²) in [7, 11) is 4.64. The zero-order valence-corrected chi connectivity index (χ0v) is 12.4. The van der Waals surface area contributed by atoms with Gasteiger partial charge in [0.2, 0.25) is 5.75 Å².